The van der Waals surface area contributed by atoms with Crippen molar-refractivity contribution in [1.82, 2.24) is 0 Å². The molecule has 0 aliphatic carbocycles. The minimum atomic E-state index is -0.851. The average Bonchev–Trinajstić information content (AvgIpc) is 2.26. The predicted molar refractivity (Wildman–Crippen MR) is 76.3 cm³/mol. The van der Waals surface area contributed by atoms with Crippen LogP contribution in [0.4, 0.5) is 0 Å². The largest absolute Gasteiger partial charge is 0.460 e. The summed E-state index contributed by atoms with van der Waals surface area (Å²) in [6.07, 6.45) is 0.382. The van der Waals surface area contributed by atoms with E-state index in [1.165, 1.54) is 0 Å². The van der Waals surface area contributed by atoms with Gasteiger partial charge in [0.2, 0.25) is 0 Å². The molecule has 0 unspecified atom stereocenters. The number of ether oxygens (including phenoxy) is 3. The Morgan fingerprint density at radius 1 is 1.30 bits per heavy atom. The molecule has 1 aliphatic rings. The normalized spacial score (nSPS) is 25.1. The molecule has 0 aromatic heterocycles. The van der Waals surface area contributed by atoms with E-state index in [1.54, 1.807) is 13.8 Å². The molecule has 0 bridgehead atoms. The summed E-state index contributed by atoms with van der Waals surface area (Å²) in [4.78, 5) is 22.5. The molecule has 20 heavy (non-hydrogen) atoms. The van der Waals surface area contributed by atoms with E-state index >= 15 is 0 Å². The van der Waals surface area contributed by atoms with Crippen LogP contribution in [0.5, 0.6) is 0 Å². The third kappa shape index (κ3) is 7.60. The van der Waals surface area contributed by atoms with Gasteiger partial charge in [-0.3, -0.25) is 4.79 Å². The summed E-state index contributed by atoms with van der Waals surface area (Å²) < 4.78 is 16.2. The lowest BCUT2D eigenvalue weighted by Crippen LogP contribution is -2.46. The lowest BCUT2D eigenvalue weighted by Gasteiger charge is -2.38. The van der Waals surface area contributed by atoms with Crippen LogP contribution in [0.2, 0.25) is 0 Å². The molecule has 1 aliphatic heterocycles. The fourth-order valence-electron chi connectivity index (χ4n) is 1.93. The Kier molecular flexibility index (Phi) is 7.38. The highest BCUT2D eigenvalue weighted by molar-refractivity contribution is 5.70. The van der Waals surface area contributed by atoms with Gasteiger partial charge in [0, 0.05) is 6.42 Å². The molecular formula is C15H28O5. The van der Waals surface area contributed by atoms with E-state index in [0.29, 0.717) is 6.42 Å². The number of esters is 1. The van der Waals surface area contributed by atoms with Crippen molar-refractivity contribution in [3.63, 3.8) is 0 Å². The van der Waals surface area contributed by atoms with Gasteiger partial charge >= 0.3 is 5.97 Å². The zero-order valence-electron chi connectivity index (χ0n) is 13.7. The Balaban J connectivity index is 0.00000172. The van der Waals surface area contributed by atoms with Crippen LogP contribution >= 0.6 is 0 Å². The Morgan fingerprint density at radius 2 is 1.85 bits per heavy atom. The number of aldehydes is 1. The standard InChI is InChI=1S/C13H22O5.C2H6/c1-12(2,3)18-11(15)7-9-6-10(8-14)17-13(4,5)16-9;1-2/h8-10H,6-7H2,1-5H3;1-2H3/t9-,10+;/m1./s1. The fraction of sp³-hybridized carbons (Fsp3) is 0.867. The zero-order valence-corrected chi connectivity index (χ0v) is 13.7. The highest BCUT2D eigenvalue weighted by Gasteiger charge is 2.36. The van der Waals surface area contributed by atoms with Gasteiger partial charge in [-0.25, -0.2) is 0 Å². The van der Waals surface area contributed by atoms with Gasteiger partial charge < -0.3 is 19.0 Å². The number of carbonyl (C=O) groups is 2. The second-order valence-corrected chi connectivity index (χ2v) is 5.96. The van der Waals surface area contributed by atoms with E-state index in [4.69, 9.17) is 14.2 Å². The monoisotopic (exact) mass is 288 g/mol. The van der Waals surface area contributed by atoms with Gasteiger partial charge in [0.15, 0.2) is 5.79 Å². The van der Waals surface area contributed by atoms with Crippen LogP contribution in [0.3, 0.4) is 0 Å². The molecule has 0 amide bonds. The van der Waals surface area contributed by atoms with Gasteiger partial charge in [-0.05, 0) is 34.6 Å². The maximum Gasteiger partial charge on any atom is 0.308 e. The summed E-state index contributed by atoms with van der Waals surface area (Å²) in [5.41, 5.74) is -0.512. The molecule has 1 rings (SSSR count). The van der Waals surface area contributed by atoms with E-state index < -0.39 is 17.5 Å². The lowest BCUT2D eigenvalue weighted by molar-refractivity contribution is -0.291. The van der Waals surface area contributed by atoms with Gasteiger partial charge in [-0.2, -0.15) is 0 Å². The Hall–Kier alpha value is -0.940. The highest BCUT2D eigenvalue weighted by Crippen LogP contribution is 2.28. The molecule has 1 saturated heterocycles. The number of hydrogen-bond acceptors (Lipinski definition) is 5. The van der Waals surface area contributed by atoms with Crippen LogP contribution in [0.1, 0.15) is 61.3 Å². The van der Waals surface area contributed by atoms with Crippen molar-refractivity contribution >= 4 is 12.3 Å². The quantitative estimate of drug-likeness (QED) is 0.590. The van der Waals surface area contributed by atoms with E-state index in [1.807, 2.05) is 34.6 Å². The first kappa shape index (κ1) is 19.1. The minimum absolute atomic E-state index is 0.133. The van der Waals surface area contributed by atoms with Gasteiger partial charge in [0.05, 0.1) is 12.5 Å². The molecule has 5 nitrogen and oxygen atoms in total. The van der Waals surface area contributed by atoms with Crippen LogP contribution in [-0.4, -0.2) is 35.9 Å². The summed E-state index contributed by atoms with van der Waals surface area (Å²) in [5.74, 6) is -1.17. The van der Waals surface area contributed by atoms with Crippen molar-refractivity contribution < 1.29 is 23.8 Å². The average molecular weight is 288 g/mol. The molecule has 0 saturated carbocycles. The van der Waals surface area contributed by atoms with Crippen LogP contribution in [-0.2, 0) is 23.8 Å². The van der Waals surface area contributed by atoms with Gasteiger partial charge in [0.1, 0.15) is 18.0 Å². The smallest absolute Gasteiger partial charge is 0.308 e. The van der Waals surface area contributed by atoms with Crippen molar-refractivity contribution in [2.24, 2.45) is 0 Å². The summed E-state index contributed by atoms with van der Waals surface area (Å²) in [6, 6.07) is 0. The maximum absolute atomic E-state index is 11.7. The Bertz CT molecular complexity index is 317. The SMILES string of the molecule is CC.CC(C)(C)OC(=O)C[C@H]1C[C@@H](C=O)OC(C)(C)O1. The van der Waals surface area contributed by atoms with Crippen LogP contribution in [0, 0.1) is 0 Å². The summed E-state index contributed by atoms with van der Waals surface area (Å²) in [5, 5.41) is 0. The van der Waals surface area contributed by atoms with E-state index in [0.717, 1.165) is 6.29 Å². The summed E-state index contributed by atoms with van der Waals surface area (Å²) >= 11 is 0. The van der Waals surface area contributed by atoms with Crippen LogP contribution < -0.4 is 0 Å². The molecule has 0 spiro atoms. The van der Waals surface area contributed by atoms with Crippen molar-refractivity contribution in [3.8, 4) is 0 Å². The van der Waals surface area contributed by atoms with Gasteiger partial charge in [0.25, 0.3) is 0 Å². The molecule has 1 fully saturated rings. The highest BCUT2D eigenvalue weighted by atomic mass is 16.7. The van der Waals surface area contributed by atoms with Crippen LogP contribution in [0.15, 0.2) is 0 Å². The maximum atomic E-state index is 11.7. The minimum Gasteiger partial charge on any atom is -0.460 e. The summed E-state index contributed by atoms with van der Waals surface area (Å²) in [6.45, 7) is 12.9. The second-order valence-electron chi connectivity index (χ2n) is 5.96. The van der Waals surface area contributed by atoms with Crippen LogP contribution in [0.25, 0.3) is 0 Å². The molecule has 0 N–H and O–H groups in total. The van der Waals surface area contributed by atoms with E-state index in [2.05, 4.69) is 0 Å². The molecular weight excluding hydrogens is 260 g/mol. The Labute approximate surface area is 122 Å². The van der Waals surface area contributed by atoms with Crippen molar-refractivity contribution in [1.29, 1.82) is 0 Å². The zero-order chi connectivity index (χ0) is 16.0. The van der Waals surface area contributed by atoms with Crippen molar-refractivity contribution in [2.45, 2.75) is 84.9 Å². The van der Waals surface area contributed by atoms with E-state index in [9.17, 15) is 9.59 Å². The summed E-state index contributed by atoms with van der Waals surface area (Å²) in [7, 11) is 0. The number of rotatable bonds is 3. The van der Waals surface area contributed by atoms with E-state index in [-0.39, 0.29) is 18.5 Å². The van der Waals surface area contributed by atoms with Gasteiger partial charge in [-0.15, -0.1) is 0 Å². The number of hydrogen-bond donors (Lipinski definition) is 0. The predicted octanol–water partition coefficient (Wildman–Crippen LogP) is 2.85. The van der Waals surface area contributed by atoms with Crippen molar-refractivity contribution in [3.05, 3.63) is 0 Å². The molecule has 2 atom stereocenters. The molecule has 0 aromatic rings. The molecule has 0 aromatic carbocycles. The second kappa shape index (κ2) is 7.74. The first-order valence-electron chi connectivity index (χ1n) is 7.14. The first-order chi connectivity index (χ1) is 9.11. The third-order valence-corrected chi connectivity index (χ3v) is 2.35. The first-order valence-corrected chi connectivity index (χ1v) is 7.14. The number of carbonyl (C=O) groups excluding carboxylic acids is 2. The lowest BCUT2D eigenvalue weighted by atomic mass is 10.1. The van der Waals surface area contributed by atoms with Gasteiger partial charge in [-0.1, -0.05) is 13.8 Å². The molecule has 1 heterocycles. The Morgan fingerprint density at radius 3 is 2.30 bits per heavy atom. The fourth-order valence-corrected chi connectivity index (χ4v) is 1.93. The van der Waals surface area contributed by atoms with Crippen molar-refractivity contribution in [2.75, 3.05) is 0 Å². The molecule has 118 valence electrons. The molecule has 0 radical (unpaired) electrons. The topological polar surface area (TPSA) is 61.8 Å². The molecule has 5 heteroatoms. The third-order valence-electron chi connectivity index (χ3n) is 2.35.